The van der Waals surface area contributed by atoms with E-state index in [1.807, 2.05) is 24.3 Å². The summed E-state index contributed by atoms with van der Waals surface area (Å²) in [5.41, 5.74) is 3.85. The van der Waals surface area contributed by atoms with Crippen molar-refractivity contribution >= 4 is 0 Å². The first-order valence-electron chi connectivity index (χ1n) is 11.8. The van der Waals surface area contributed by atoms with Gasteiger partial charge in [-0.05, 0) is 42.0 Å². The first-order chi connectivity index (χ1) is 14.7. The molecular weight excluding hydrogens is 375 g/mol. The molecule has 3 rings (SSSR count). The molecular formula is C27H37FO2. The van der Waals surface area contributed by atoms with Crippen molar-refractivity contribution in [3.8, 4) is 11.1 Å². The SMILES string of the molecule is CCCCCCCC1COC(CCc2ccc(-c3ccc(CC)cc3)c(F)c2)OC1. The average molecular weight is 413 g/mol. The van der Waals surface area contributed by atoms with E-state index in [9.17, 15) is 4.39 Å². The predicted octanol–water partition coefficient (Wildman–Crippen LogP) is 7.34. The van der Waals surface area contributed by atoms with Gasteiger partial charge < -0.3 is 9.47 Å². The molecule has 2 aromatic rings. The van der Waals surface area contributed by atoms with Crippen LogP contribution in [-0.2, 0) is 22.3 Å². The Bertz CT molecular complexity index is 748. The minimum atomic E-state index is -0.162. The molecule has 0 saturated carbocycles. The van der Waals surface area contributed by atoms with Gasteiger partial charge in [-0.25, -0.2) is 4.39 Å². The van der Waals surface area contributed by atoms with Crippen LogP contribution in [-0.4, -0.2) is 19.5 Å². The standard InChI is InChI=1S/C27H37FO2/c1-3-5-6-7-8-9-23-19-29-27(30-20-23)17-13-22-12-16-25(26(28)18-22)24-14-10-21(4-2)11-15-24/h10-12,14-16,18,23,27H,3-9,13,17,19-20H2,1-2H3. The summed E-state index contributed by atoms with van der Waals surface area (Å²) in [6.45, 7) is 5.95. The number of hydrogen-bond donors (Lipinski definition) is 0. The second kappa shape index (κ2) is 12.2. The van der Waals surface area contributed by atoms with Gasteiger partial charge in [0, 0.05) is 17.9 Å². The monoisotopic (exact) mass is 412 g/mol. The van der Waals surface area contributed by atoms with Crippen molar-refractivity contribution in [1.29, 1.82) is 0 Å². The summed E-state index contributed by atoms with van der Waals surface area (Å²) in [5, 5.41) is 0. The highest BCUT2D eigenvalue weighted by molar-refractivity contribution is 5.64. The number of ether oxygens (including phenoxy) is 2. The Morgan fingerprint density at radius 3 is 2.20 bits per heavy atom. The molecule has 1 saturated heterocycles. The summed E-state index contributed by atoms with van der Waals surface area (Å²) < 4.78 is 26.5. The fraction of sp³-hybridized carbons (Fsp3) is 0.556. The van der Waals surface area contributed by atoms with Crippen LogP contribution in [0, 0.1) is 11.7 Å². The van der Waals surface area contributed by atoms with E-state index in [0.29, 0.717) is 11.5 Å². The van der Waals surface area contributed by atoms with Crippen molar-refractivity contribution in [1.82, 2.24) is 0 Å². The van der Waals surface area contributed by atoms with E-state index in [2.05, 4.69) is 26.0 Å². The Morgan fingerprint density at radius 2 is 1.53 bits per heavy atom. The summed E-state index contributed by atoms with van der Waals surface area (Å²) in [5.74, 6) is 0.365. The highest BCUT2D eigenvalue weighted by Gasteiger charge is 2.21. The normalized spacial score (nSPS) is 19.2. The molecule has 0 bridgehead atoms. The zero-order valence-electron chi connectivity index (χ0n) is 18.7. The van der Waals surface area contributed by atoms with Crippen molar-refractivity contribution in [2.24, 2.45) is 5.92 Å². The average Bonchev–Trinajstić information content (AvgIpc) is 2.78. The van der Waals surface area contributed by atoms with Crippen LogP contribution < -0.4 is 0 Å². The maximum absolute atomic E-state index is 14.7. The van der Waals surface area contributed by atoms with Crippen molar-refractivity contribution in [3.05, 3.63) is 59.4 Å². The summed E-state index contributed by atoms with van der Waals surface area (Å²) in [7, 11) is 0. The van der Waals surface area contributed by atoms with Gasteiger partial charge in [-0.15, -0.1) is 0 Å². The lowest BCUT2D eigenvalue weighted by Crippen LogP contribution is -2.32. The third kappa shape index (κ3) is 6.92. The van der Waals surface area contributed by atoms with Crippen LogP contribution in [0.3, 0.4) is 0 Å². The zero-order chi connectivity index (χ0) is 21.2. The van der Waals surface area contributed by atoms with E-state index in [0.717, 1.165) is 43.6 Å². The van der Waals surface area contributed by atoms with E-state index in [1.165, 1.54) is 44.1 Å². The lowest BCUT2D eigenvalue weighted by Gasteiger charge is -2.29. The molecule has 0 amide bonds. The Kier molecular flexibility index (Phi) is 9.35. The third-order valence-corrected chi connectivity index (χ3v) is 6.13. The number of halogens is 1. The second-order valence-corrected chi connectivity index (χ2v) is 8.57. The molecule has 1 heterocycles. The minimum absolute atomic E-state index is 0.161. The van der Waals surface area contributed by atoms with Gasteiger partial charge >= 0.3 is 0 Å². The predicted molar refractivity (Wildman–Crippen MR) is 122 cm³/mol. The summed E-state index contributed by atoms with van der Waals surface area (Å²) in [4.78, 5) is 0. The number of aryl methyl sites for hydroxylation is 2. The first kappa shape index (κ1) is 23.0. The van der Waals surface area contributed by atoms with E-state index in [4.69, 9.17) is 9.47 Å². The van der Waals surface area contributed by atoms with Crippen molar-refractivity contribution in [2.45, 2.75) is 77.9 Å². The smallest absolute Gasteiger partial charge is 0.157 e. The van der Waals surface area contributed by atoms with Crippen LogP contribution >= 0.6 is 0 Å². The van der Waals surface area contributed by atoms with Gasteiger partial charge in [0.05, 0.1) is 13.2 Å². The Morgan fingerprint density at radius 1 is 0.833 bits per heavy atom. The van der Waals surface area contributed by atoms with E-state index < -0.39 is 0 Å². The molecule has 1 aliphatic heterocycles. The van der Waals surface area contributed by atoms with Crippen LogP contribution in [0.15, 0.2) is 42.5 Å². The molecule has 0 aliphatic carbocycles. The van der Waals surface area contributed by atoms with Gasteiger partial charge in [-0.3, -0.25) is 0 Å². The summed E-state index contributed by atoms with van der Waals surface area (Å²) in [6.07, 6.45) is 10.1. The Hall–Kier alpha value is -1.71. The first-order valence-corrected chi connectivity index (χ1v) is 11.8. The van der Waals surface area contributed by atoms with E-state index >= 15 is 0 Å². The van der Waals surface area contributed by atoms with Gasteiger partial charge in [0.25, 0.3) is 0 Å². The summed E-state index contributed by atoms with van der Waals surface area (Å²) >= 11 is 0. The third-order valence-electron chi connectivity index (χ3n) is 6.13. The number of hydrogen-bond acceptors (Lipinski definition) is 2. The highest BCUT2D eigenvalue weighted by Crippen LogP contribution is 2.26. The second-order valence-electron chi connectivity index (χ2n) is 8.57. The Labute approximate surface area is 181 Å². The molecule has 0 radical (unpaired) electrons. The Balaban J connectivity index is 1.41. The van der Waals surface area contributed by atoms with Gasteiger partial charge in [0.1, 0.15) is 5.82 Å². The van der Waals surface area contributed by atoms with Crippen LogP contribution in [0.4, 0.5) is 4.39 Å². The quantitative estimate of drug-likeness (QED) is 0.360. The molecule has 0 atom stereocenters. The number of unbranched alkanes of at least 4 members (excludes halogenated alkanes) is 4. The topological polar surface area (TPSA) is 18.5 Å². The molecule has 2 aromatic carbocycles. The maximum atomic E-state index is 14.7. The van der Waals surface area contributed by atoms with Crippen LogP contribution in [0.5, 0.6) is 0 Å². The zero-order valence-corrected chi connectivity index (χ0v) is 18.7. The molecule has 0 spiro atoms. The van der Waals surface area contributed by atoms with Crippen LogP contribution in [0.25, 0.3) is 11.1 Å². The van der Waals surface area contributed by atoms with E-state index in [1.54, 1.807) is 6.07 Å². The summed E-state index contributed by atoms with van der Waals surface area (Å²) in [6, 6.07) is 13.7. The van der Waals surface area contributed by atoms with Gasteiger partial charge in [0.2, 0.25) is 0 Å². The maximum Gasteiger partial charge on any atom is 0.157 e. The fourth-order valence-electron chi connectivity index (χ4n) is 4.11. The van der Waals surface area contributed by atoms with Crippen LogP contribution in [0.2, 0.25) is 0 Å². The van der Waals surface area contributed by atoms with Crippen molar-refractivity contribution in [3.63, 3.8) is 0 Å². The van der Waals surface area contributed by atoms with Gasteiger partial charge in [-0.2, -0.15) is 0 Å². The number of rotatable bonds is 11. The van der Waals surface area contributed by atoms with Crippen molar-refractivity contribution in [2.75, 3.05) is 13.2 Å². The lowest BCUT2D eigenvalue weighted by molar-refractivity contribution is -0.203. The molecule has 0 unspecified atom stereocenters. The fourth-order valence-corrected chi connectivity index (χ4v) is 4.11. The lowest BCUT2D eigenvalue weighted by atomic mass is 9.99. The van der Waals surface area contributed by atoms with Crippen LogP contribution in [0.1, 0.15) is 69.9 Å². The number of benzene rings is 2. The molecule has 30 heavy (non-hydrogen) atoms. The largest absolute Gasteiger partial charge is 0.352 e. The van der Waals surface area contributed by atoms with Gasteiger partial charge in [0.15, 0.2) is 6.29 Å². The molecule has 1 aliphatic rings. The minimum Gasteiger partial charge on any atom is -0.352 e. The molecule has 0 aromatic heterocycles. The molecule has 0 N–H and O–H groups in total. The van der Waals surface area contributed by atoms with E-state index in [-0.39, 0.29) is 12.1 Å². The molecule has 1 fully saturated rings. The highest BCUT2D eigenvalue weighted by atomic mass is 19.1. The molecule has 164 valence electrons. The molecule has 3 heteroatoms. The van der Waals surface area contributed by atoms with Gasteiger partial charge in [-0.1, -0.05) is 82.3 Å². The van der Waals surface area contributed by atoms with Crippen molar-refractivity contribution < 1.29 is 13.9 Å². The molecule has 2 nitrogen and oxygen atoms in total.